The van der Waals surface area contributed by atoms with Crippen molar-refractivity contribution in [2.24, 2.45) is 0 Å². The Morgan fingerprint density at radius 3 is 2.70 bits per heavy atom. The van der Waals surface area contributed by atoms with Crippen molar-refractivity contribution in [2.75, 3.05) is 5.73 Å². The van der Waals surface area contributed by atoms with Crippen molar-refractivity contribution in [1.29, 1.82) is 0 Å². The van der Waals surface area contributed by atoms with Crippen LogP contribution >= 0.6 is 11.3 Å². The Bertz CT molecular complexity index is 1680. The van der Waals surface area contributed by atoms with E-state index in [0.717, 1.165) is 54.2 Å². The monoisotopic (exact) mass is 451 g/mol. The maximum absolute atomic E-state index is 11.7. The lowest BCUT2D eigenvalue weighted by Crippen LogP contribution is -1.90. The maximum Gasteiger partial charge on any atom is 0.169 e. The van der Waals surface area contributed by atoms with Gasteiger partial charge in [0.2, 0.25) is 0 Å². The third kappa shape index (κ3) is 3.26. The van der Waals surface area contributed by atoms with Crippen LogP contribution in [0.5, 0.6) is 0 Å². The Morgan fingerprint density at radius 1 is 1.00 bits per heavy atom. The minimum atomic E-state index is 0.0568. The van der Waals surface area contributed by atoms with Gasteiger partial charge < -0.3 is 10.7 Å². The fraction of sp³-hybridized carbons (Fsp3) is 0.0417. The number of hydrogen-bond donors (Lipinski definition) is 3. The number of nitrogens with zero attached hydrogens (tertiary/aromatic N) is 4. The molecule has 0 unspecified atom stereocenters. The summed E-state index contributed by atoms with van der Waals surface area (Å²) in [5.74, 6) is 0.0568. The molecule has 33 heavy (non-hydrogen) atoms. The Hall–Kier alpha value is -4.37. The highest BCUT2D eigenvalue weighted by molar-refractivity contribution is 7.17. The molecule has 4 N–H and O–H groups in total. The van der Waals surface area contributed by atoms with Crippen molar-refractivity contribution in [1.82, 2.24) is 30.1 Å². The first-order valence-electron chi connectivity index (χ1n) is 10.2. The van der Waals surface area contributed by atoms with Crippen molar-refractivity contribution in [2.45, 2.75) is 6.92 Å². The molecule has 8 nitrogen and oxygen atoms in total. The Kier molecular flexibility index (Phi) is 4.30. The highest BCUT2D eigenvalue weighted by atomic mass is 32.1. The molecular formula is C24H17N7OS. The molecule has 6 aromatic rings. The van der Waals surface area contributed by atoms with E-state index in [-0.39, 0.29) is 5.78 Å². The molecule has 0 spiro atoms. The molecule has 6 aromatic heterocycles. The standard InChI is InChI=1S/C24H17N7OS/c1-12(32)21-4-5-22(33-21)16-10-27-11-20-15(16)7-19(28-20)24-23-18(30-31-24)3-2-17(29-23)13-6-14(25)9-26-8-13/h2-11,28H,25H2,1H3,(H,30,31). The summed E-state index contributed by atoms with van der Waals surface area (Å²) in [7, 11) is 0. The average molecular weight is 452 g/mol. The Labute approximate surface area is 191 Å². The summed E-state index contributed by atoms with van der Waals surface area (Å²) >= 11 is 1.47. The van der Waals surface area contributed by atoms with Gasteiger partial charge in [-0.15, -0.1) is 11.3 Å². The maximum atomic E-state index is 11.7. The quantitative estimate of drug-likeness (QED) is 0.321. The van der Waals surface area contributed by atoms with E-state index in [1.807, 2.05) is 42.6 Å². The zero-order valence-electron chi connectivity index (χ0n) is 17.5. The molecule has 0 saturated heterocycles. The summed E-state index contributed by atoms with van der Waals surface area (Å²) in [5, 5.41) is 8.58. The van der Waals surface area contributed by atoms with Gasteiger partial charge in [-0.1, -0.05) is 0 Å². The number of carbonyl (C=O) groups excluding carboxylic acids is 1. The molecule has 0 radical (unpaired) electrons. The summed E-state index contributed by atoms with van der Waals surface area (Å²) in [6.07, 6.45) is 6.95. The number of aromatic amines is 2. The number of hydrogen-bond acceptors (Lipinski definition) is 7. The molecule has 0 saturated carbocycles. The molecule has 0 aromatic carbocycles. The normalized spacial score (nSPS) is 11.4. The number of H-pyrrole nitrogens is 2. The molecule has 160 valence electrons. The number of rotatable bonds is 4. The molecule has 0 aliphatic carbocycles. The topological polar surface area (TPSA) is 126 Å². The first-order valence-corrected chi connectivity index (χ1v) is 11.0. The van der Waals surface area contributed by atoms with Gasteiger partial charge >= 0.3 is 0 Å². The lowest BCUT2D eigenvalue weighted by Gasteiger charge is -2.02. The third-order valence-electron chi connectivity index (χ3n) is 5.48. The SMILES string of the molecule is CC(=O)c1ccc(-c2cncc3[nH]c(-c4n[nH]c5ccc(-c6cncc(N)c6)nc45)cc23)s1. The first-order chi connectivity index (χ1) is 16.1. The van der Waals surface area contributed by atoms with Gasteiger partial charge in [-0.25, -0.2) is 4.98 Å². The largest absolute Gasteiger partial charge is 0.397 e. The van der Waals surface area contributed by atoms with E-state index in [9.17, 15) is 4.79 Å². The number of carbonyl (C=O) groups is 1. The van der Waals surface area contributed by atoms with Crippen LogP contribution in [0.25, 0.3) is 55.0 Å². The lowest BCUT2D eigenvalue weighted by molar-refractivity contribution is 0.102. The lowest BCUT2D eigenvalue weighted by atomic mass is 10.1. The number of ketones is 1. The predicted octanol–water partition coefficient (Wildman–Crippen LogP) is 5.08. The second-order valence-corrected chi connectivity index (χ2v) is 8.81. The van der Waals surface area contributed by atoms with Crippen LogP contribution in [-0.4, -0.2) is 35.9 Å². The zero-order valence-corrected chi connectivity index (χ0v) is 18.3. The number of fused-ring (bicyclic) bond motifs is 2. The Morgan fingerprint density at radius 2 is 1.88 bits per heavy atom. The van der Waals surface area contributed by atoms with Gasteiger partial charge in [0.15, 0.2) is 5.78 Å². The van der Waals surface area contributed by atoms with E-state index in [1.165, 1.54) is 11.3 Å². The van der Waals surface area contributed by atoms with Crippen molar-refractivity contribution < 1.29 is 4.79 Å². The van der Waals surface area contributed by atoms with E-state index < -0.39 is 0 Å². The fourth-order valence-electron chi connectivity index (χ4n) is 3.89. The van der Waals surface area contributed by atoms with Crippen LogP contribution in [0.2, 0.25) is 0 Å². The number of aromatic nitrogens is 6. The average Bonchev–Trinajstić information content (AvgIpc) is 3.55. The molecule has 0 aliphatic rings. The van der Waals surface area contributed by atoms with Gasteiger partial charge in [0, 0.05) is 40.0 Å². The molecule has 6 rings (SSSR count). The summed E-state index contributed by atoms with van der Waals surface area (Å²) in [6, 6.07) is 11.6. The minimum absolute atomic E-state index is 0.0568. The summed E-state index contributed by atoms with van der Waals surface area (Å²) < 4.78 is 0. The van der Waals surface area contributed by atoms with Crippen LogP contribution in [0.3, 0.4) is 0 Å². The van der Waals surface area contributed by atoms with Crippen LogP contribution in [0.15, 0.2) is 61.2 Å². The second kappa shape index (κ2) is 7.35. The number of Topliss-reactive ketones (excluding diaryl/α,β-unsaturated/α-hetero) is 1. The third-order valence-corrected chi connectivity index (χ3v) is 6.70. The fourth-order valence-corrected chi connectivity index (χ4v) is 4.82. The van der Waals surface area contributed by atoms with E-state index in [0.29, 0.717) is 11.4 Å². The van der Waals surface area contributed by atoms with Crippen molar-refractivity contribution >= 4 is 44.7 Å². The van der Waals surface area contributed by atoms with Crippen LogP contribution < -0.4 is 5.73 Å². The number of anilines is 1. The number of thiophene rings is 1. The van der Waals surface area contributed by atoms with Gasteiger partial charge in [0.1, 0.15) is 11.2 Å². The van der Waals surface area contributed by atoms with Crippen molar-refractivity contribution in [3.05, 3.63) is 66.1 Å². The molecular weight excluding hydrogens is 434 g/mol. The van der Waals surface area contributed by atoms with Crippen molar-refractivity contribution in [3.63, 3.8) is 0 Å². The highest BCUT2D eigenvalue weighted by Gasteiger charge is 2.17. The molecule has 0 fully saturated rings. The predicted molar refractivity (Wildman–Crippen MR) is 130 cm³/mol. The number of nitrogen functional groups attached to an aromatic ring is 1. The van der Waals surface area contributed by atoms with Gasteiger partial charge in [0.05, 0.1) is 39.2 Å². The molecule has 0 amide bonds. The molecule has 0 atom stereocenters. The highest BCUT2D eigenvalue weighted by Crippen LogP contribution is 2.36. The number of pyridine rings is 3. The second-order valence-electron chi connectivity index (χ2n) is 7.72. The van der Waals surface area contributed by atoms with E-state index in [2.05, 4.69) is 25.1 Å². The molecule has 0 aliphatic heterocycles. The summed E-state index contributed by atoms with van der Waals surface area (Å²) in [4.78, 5) is 30.3. The Balaban J connectivity index is 1.48. The van der Waals surface area contributed by atoms with Gasteiger partial charge in [-0.3, -0.25) is 19.9 Å². The molecule has 6 heterocycles. The van der Waals surface area contributed by atoms with E-state index in [1.54, 1.807) is 25.5 Å². The van der Waals surface area contributed by atoms with Crippen molar-refractivity contribution in [3.8, 4) is 33.1 Å². The van der Waals surface area contributed by atoms with Crippen LogP contribution in [0, 0.1) is 0 Å². The molecule has 9 heteroatoms. The smallest absolute Gasteiger partial charge is 0.169 e. The number of nitrogens with two attached hydrogens (primary N) is 1. The van der Waals surface area contributed by atoms with Gasteiger partial charge in [-0.05, 0) is 43.3 Å². The van der Waals surface area contributed by atoms with Crippen LogP contribution in [0.1, 0.15) is 16.6 Å². The molecule has 0 bridgehead atoms. The number of nitrogens with one attached hydrogen (secondary N) is 2. The zero-order chi connectivity index (χ0) is 22.5. The summed E-state index contributed by atoms with van der Waals surface area (Å²) in [5.41, 5.74) is 13.0. The van der Waals surface area contributed by atoms with Gasteiger partial charge in [-0.2, -0.15) is 5.10 Å². The van der Waals surface area contributed by atoms with E-state index in [4.69, 9.17) is 10.7 Å². The van der Waals surface area contributed by atoms with Gasteiger partial charge in [0.25, 0.3) is 0 Å². The van der Waals surface area contributed by atoms with E-state index >= 15 is 0 Å². The minimum Gasteiger partial charge on any atom is -0.397 e. The first kappa shape index (κ1) is 19.3. The van der Waals surface area contributed by atoms with Crippen LogP contribution in [0.4, 0.5) is 5.69 Å². The summed E-state index contributed by atoms with van der Waals surface area (Å²) in [6.45, 7) is 1.58. The van der Waals surface area contributed by atoms with Crippen LogP contribution in [-0.2, 0) is 0 Å².